The zero-order valence-corrected chi connectivity index (χ0v) is 11.1. The molecule has 0 atom stereocenters. The van der Waals surface area contributed by atoms with Crippen LogP contribution in [0.5, 0.6) is 0 Å². The lowest BCUT2D eigenvalue weighted by atomic mass is 10.2. The molecule has 0 aliphatic heterocycles. The van der Waals surface area contributed by atoms with Gasteiger partial charge in [0.25, 0.3) is 0 Å². The second-order valence-electron chi connectivity index (χ2n) is 3.46. The summed E-state index contributed by atoms with van der Waals surface area (Å²) in [6.07, 6.45) is 3.67. The van der Waals surface area contributed by atoms with Crippen molar-refractivity contribution in [1.29, 1.82) is 5.41 Å². The van der Waals surface area contributed by atoms with E-state index in [1.807, 2.05) is 35.2 Å². The van der Waals surface area contributed by atoms with Crippen LogP contribution in [0.1, 0.15) is 5.56 Å². The first-order valence-corrected chi connectivity index (χ1v) is 5.56. The fraction of sp³-hybridized carbons (Fsp3) is 0.0833. The second-order valence-corrected chi connectivity index (χ2v) is 4.27. The van der Waals surface area contributed by atoms with E-state index in [9.17, 15) is 0 Å². The number of benzene rings is 1. The van der Waals surface area contributed by atoms with Crippen molar-refractivity contribution in [2.75, 3.05) is 0 Å². The van der Waals surface area contributed by atoms with E-state index >= 15 is 0 Å². The predicted molar refractivity (Wildman–Crippen MR) is 65.9 cm³/mol. The molecule has 0 fully saturated rings. The summed E-state index contributed by atoms with van der Waals surface area (Å²) in [5.74, 6) is 0. The van der Waals surface area contributed by atoms with Crippen molar-refractivity contribution < 1.29 is 12.4 Å². The van der Waals surface area contributed by atoms with Crippen molar-refractivity contribution in [3.63, 3.8) is 0 Å². The highest BCUT2D eigenvalue weighted by atomic mass is 35.5. The smallest absolute Gasteiger partial charge is 0.0568 e. The molecule has 2 aromatic rings. The number of halogens is 3. The summed E-state index contributed by atoms with van der Waals surface area (Å²) in [5.41, 5.74) is 0.897. The number of nitrogens with zero attached hydrogens (tertiary/aromatic N) is 1. The van der Waals surface area contributed by atoms with Gasteiger partial charge in [-0.2, -0.15) is 0 Å². The van der Waals surface area contributed by atoms with Gasteiger partial charge in [-0.1, -0.05) is 29.3 Å². The summed E-state index contributed by atoms with van der Waals surface area (Å²) in [7, 11) is 0. The quantitative estimate of drug-likeness (QED) is 0.825. The molecular formula is C12H10Cl3N2-. The van der Waals surface area contributed by atoms with Crippen LogP contribution in [0.2, 0.25) is 10.0 Å². The van der Waals surface area contributed by atoms with E-state index < -0.39 is 0 Å². The van der Waals surface area contributed by atoms with Crippen molar-refractivity contribution in [1.82, 2.24) is 4.57 Å². The maximum atomic E-state index is 7.39. The molecule has 5 heteroatoms. The van der Waals surface area contributed by atoms with Crippen molar-refractivity contribution >= 4 is 23.2 Å². The molecule has 0 amide bonds. The summed E-state index contributed by atoms with van der Waals surface area (Å²) in [6.45, 7) is 0.610. The Morgan fingerprint density at radius 1 is 1.00 bits per heavy atom. The predicted octanol–water partition coefficient (Wildman–Crippen LogP) is 0.327. The number of aromatic nitrogens is 1. The third-order valence-corrected chi connectivity index (χ3v) is 3.00. The van der Waals surface area contributed by atoms with Gasteiger partial charge < -0.3 is 22.4 Å². The molecule has 0 saturated heterocycles. The van der Waals surface area contributed by atoms with Gasteiger partial charge in [-0.15, -0.1) is 0 Å². The van der Waals surface area contributed by atoms with E-state index in [0.717, 1.165) is 5.56 Å². The van der Waals surface area contributed by atoms with Crippen LogP contribution >= 0.6 is 23.2 Å². The Morgan fingerprint density at radius 2 is 1.53 bits per heavy atom. The average Bonchev–Trinajstić information content (AvgIpc) is 2.26. The van der Waals surface area contributed by atoms with Gasteiger partial charge in [0.2, 0.25) is 0 Å². The van der Waals surface area contributed by atoms with E-state index in [4.69, 9.17) is 28.6 Å². The summed E-state index contributed by atoms with van der Waals surface area (Å²) >= 11 is 12.2. The molecule has 90 valence electrons. The highest BCUT2D eigenvalue weighted by Crippen LogP contribution is 2.24. The van der Waals surface area contributed by atoms with Gasteiger partial charge in [-0.3, -0.25) is 0 Å². The van der Waals surface area contributed by atoms with Gasteiger partial charge in [-0.05, 0) is 24.3 Å². The van der Waals surface area contributed by atoms with Gasteiger partial charge in [0.1, 0.15) is 0 Å². The van der Waals surface area contributed by atoms with Crippen LogP contribution in [0.4, 0.5) is 0 Å². The normalized spacial score (nSPS) is 9.76. The van der Waals surface area contributed by atoms with Crippen molar-refractivity contribution in [2.45, 2.75) is 6.54 Å². The van der Waals surface area contributed by atoms with Crippen LogP contribution in [-0.4, -0.2) is 4.57 Å². The zero-order chi connectivity index (χ0) is 11.5. The van der Waals surface area contributed by atoms with E-state index in [-0.39, 0.29) is 12.4 Å². The molecule has 1 N–H and O–H groups in total. The first-order chi connectivity index (χ1) is 7.66. The van der Waals surface area contributed by atoms with Gasteiger partial charge in [0.05, 0.1) is 5.36 Å². The van der Waals surface area contributed by atoms with Crippen LogP contribution in [-0.2, 0) is 6.54 Å². The van der Waals surface area contributed by atoms with Crippen molar-refractivity contribution in [2.24, 2.45) is 0 Å². The lowest BCUT2D eigenvalue weighted by Crippen LogP contribution is -3.00. The first kappa shape index (κ1) is 14.1. The number of hydrogen-bond donors (Lipinski definition) is 1. The standard InChI is InChI=1S/C12H10Cl2N2.ClH/c13-11-2-1-3-12(14)10(11)8-16-6-4-9(15)5-7-16;/h1-7,15H,8H2;1H/p-1. The molecule has 17 heavy (non-hydrogen) atoms. The number of rotatable bonds is 2. The maximum Gasteiger partial charge on any atom is 0.0568 e. The lowest BCUT2D eigenvalue weighted by Gasteiger charge is -2.09. The van der Waals surface area contributed by atoms with Gasteiger partial charge >= 0.3 is 0 Å². The van der Waals surface area contributed by atoms with Crippen LogP contribution in [0, 0.1) is 5.41 Å². The van der Waals surface area contributed by atoms with Crippen LogP contribution in [0.25, 0.3) is 0 Å². The van der Waals surface area contributed by atoms with Crippen LogP contribution in [0.15, 0.2) is 42.7 Å². The Balaban J connectivity index is 0.00000144. The molecule has 2 rings (SSSR count). The maximum absolute atomic E-state index is 7.39. The van der Waals surface area contributed by atoms with Crippen LogP contribution < -0.4 is 17.8 Å². The Hall–Kier alpha value is -0.960. The molecule has 1 aromatic heterocycles. The van der Waals surface area contributed by atoms with E-state index in [1.165, 1.54) is 0 Å². The topological polar surface area (TPSA) is 28.8 Å². The van der Waals surface area contributed by atoms with Gasteiger partial charge in [0.15, 0.2) is 0 Å². The van der Waals surface area contributed by atoms with Crippen molar-refractivity contribution in [3.05, 3.63) is 63.7 Å². The fourth-order valence-corrected chi connectivity index (χ4v) is 1.95. The highest BCUT2D eigenvalue weighted by Gasteiger charge is 2.04. The number of hydrogen-bond acceptors (Lipinski definition) is 1. The number of pyridine rings is 1. The SMILES string of the molecule is N=c1ccn(Cc2c(Cl)cccc2Cl)cc1.[Cl-]. The minimum Gasteiger partial charge on any atom is -1.00 e. The Labute approximate surface area is 116 Å². The van der Waals surface area contributed by atoms with Gasteiger partial charge in [-0.25, -0.2) is 0 Å². The molecule has 0 spiro atoms. The average molecular weight is 289 g/mol. The summed E-state index contributed by atoms with van der Waals surface area (Å²) in [6, 6.07) is 8.92. The minimum absolute atomic E-state index is 0. The molecule has 0 unspecified atom stereocenters. The molecule has 0 aliphatic rings. The van der Waals surface area contributed by atoms with E-state index in [0.29, 0.717) is 21.9 Å². The lowest BCUT2D eigenvalue weighted by molar-refractivity contribution is -0.00000328. The fourth-order valence-electron chi connectivity index (χ4n) is 1.43. The largest absolute Gasteiger partial charge is 1.00 e. The van der Waals surface area contributed by atoms with E-state index in [1.54, 1.807) is 12.1 Å². The van der Waals surface area contributed by atoms with Crippen LogP contribution in [0.3, 0.4) is 0 Å². The third-order valence-electron chi connectivity index (χ3n) is 2.29. The zero-order valence-electron chi connectivity index (χ0n) is 8.83. The van der Waals surface area contributed by atoms with E-state index in [2.05, 4.69) is 0 Å². The molecule has 0 radical (unpaired) electrons. The Kier molecular flexibility index (Phi) is 5.06. The second kappa shape index (κ2) is 6.10. The summed E-state index contributed by atoms with van der Waals surface area (Å²) in [4.78, 5) is 0. The Bertz CT molecular complexity index is 523. The highest BCUT2D eigenvalue weighted by molar-refractivity contribution is 6.35. The first-order valence-electron chi connectivity index (χ1n) is 4.80. The molecule has 1 aromatic carbocycles. The Morgan fingerprint density at radius 3 is 2.06 bits per heavy atom. The third kappa shape index (κ3) is 3.50. The van der Waals surface area contributed by atoms with Gasteiger partial charge in [0, 0.05) is 34.5 Å². The molecule has 2 nitrogen and oxygen atoms in total. The minimum atomic E-state index is 0. The summed E-state index contributed by atoms with van der Waals surface area (Å²) in [5, 5.41) is 9.20. The van der Waals surface area contributed by atoms with Crippen molar-refractivity contribution in [3.8, 4) is 0 Å². The molecule has 0 bridgehead atoms. The molecule has 0 saturated carbocycles. The molecule has 0 aliphatic carbocycles. The molecular weight excluding hydrogens is 279 g/mol. The molecule has 1 heterocycles. The number of nitrogens with one attached hydrogen (secondary N) is 1. The summed E-state index contributed by atoms with van der Waals surface area (Å²) < 4.78 is 1.94. The monoisotopic (exact) mass is 287 g/mol.